The molecule has 0 saturated carbocycles. The monoisotopic (exact) mass is 364 g/mol. The highest BCUT2D eigenvalue weighted by Crippen LogP contribution is 2.17. The number of amides is 2. The lowest BCUT2D eigenvalue weighted by Gasteiger charge is -2.29. The number of carbonyl (C=O) groups is 2. The molecule has 25 heavy (non-hydrogen) atoms. The van der Waals surface area contributed by atoms with Crippen LogP contribution in [0.1, 0.15) is 34.6 Å². The van der Waals surface area contributed by atoms with Crippen LogP contribution in [0.2, 0.25) is 0 Å². The molecule has 0 aromatic heterocycles. The summed E-state index contributed by atoms with van der Waals surface area (Å²) >= 11 is 0. The Morgan fingerprint density at radius 1 is 1.08 bits per heavy atom. The molecule has 148 valence electrons. The molecule has 7 nitrogen and oxygen atoms in total. The van der Waals surface area contributed by atoms with Gasteiger partial charge in [-0.05, 0) is 20.8 Å². The third-order valence-electron chi connectivity index (χ3n) is 3.44. The minimum atomic E-state index is -1.33. The largest absolute Gasteiger partial charge is 0.377 e. The number of hydrogen-bond donors (Lipinski definition) is 2. The van der Waals surface area contributed by atoms with Gasteiger partial charge in [0.2, 0.25) is 11.8 Å². The summed E-state index contributed by atoms with van der Waals surface area (Å²) in [5.74, 6) is -0.557. The summed E-state index contributed by atoms with van der Waals surface area (Å²) in [7, 11) is 0. The number of rotatable bonds is 14. The SMILES string of the molecule is CCOCC(=O)NCCOCCOC(C)(C)C(F)CNC(=O)C(C)C. The zero-order chi connectivity index (χ0) is 19.3. The molecule has 0 aromatic rings. The highest BCUT2D eigenvalue weighted by atomic mass is 19.1. The first kappa shape index (κ1) is 23.8. The lowest BCUT2D eigenvalue weighted by molar-refractivity contribution is -0.126. The van der Waals surface area contributed by atoms with Gasteiger partial charge in [-0.3, -0.25) is 9.59 Å². The summed E-state index contributed by atoms with van der Waals surface area (Å²) in [6, 6.07) is 0. The summed E-state index contributed by atoms with van der Waals surface area (Å²) in [6.45, 7) is 10.3. The average molecular weight is 364 g/mol. The van der Waals surface area contributed by atoms with E-state index < -0.39 is 11.8 Å². The molecule has 0 spiro atoms. The van der Waals surface area contributed by atoms with Crippen LogP contribution < -0.4 is 10.6 Å². The van der Waals surface area contributed by atoms with Gasteiger partial charge in [0.05, 0.1) is 32.0 Å². The van der Waals surface area contributed by atoms with Crippen molar-refractivity contribution in [3.8, 4) is 0 Å². The predicted molar refractivity (Wildman–Crippen MR) is 93.1 cm³/mol. The molecule has 0 aliphatic rings. The highest BCUT2D eigenvalue weighted by Gasteiger charge is 2.30. The molecule has 0 saturated heterocycles. The van der Waals surface area contributed by atoms with Crippen molar-refractivity contribution in [2.45, 2.75) is 46.4 Å². The number of alkyl halides is 1. The van der Waals surface area contributed by atoms with E-state index in [1.54, 1.807) is 27.7 Å². The van der Waals surface area contributed by atoms with Gasteiger partial charge in [-0.25, -0.2) is 4.39 Å². The molecule has 1 atom stereocenters. The van der Waals surface area contributed by atoms with Crippen molar-refractivity contribution in [3.63, 3.8) is 0 Å². The number of carbonyl (C=O) groups excluding carboxylic acids is 2. The van der Waals surface area contributed by atoms with Crippen LogP contribution in [0.15, 0.2) is 0 Å². The van der Waals surface area contributed by atoms with Gasteiger partial charge in [0.1, 0.15) is 12.8 Å². The van der Waals surface area contributed by atoms with E-state index in [0.29, 0.717) is 19.8 Å². The van der Waals surface area contributed by atoms with Crippen LogP contribution in [-0.2, 0) is 23.8 Å². The lowest BCUT2D eigenvalue weighted by Crippen LogP contribution is -2.45. The van der Waals surface area contributed by atoms with Crippen LogP contribution in [0.3, 0.4) is 0 Å². The lowest BCUT2D eigenvalue weighted by atomic mass is 10.0. The van der Waals surface area contributed by atoms with E-state index >= 15 is 0 Å². The van der Waals surface area contributed by atoms with Crippen LogP contribution in [-0.4, -0.2) is 69.7 Å². The van der Waals surface area contributed by atoms with E-state index in [9.17, 15) is 14.0 Å². The van der Waals surface area contributed by atoms with Gasteiger partial charge in [-0.1, -0.05) is 13.8 Å². The van der Waals surface area contributed by atoms with Crippen LogP contribution in [0.4, 0.5) is 4.39 Å². The second-order valence-corrected chi connectivity index (χ2v) is 6.42. The molecule has 0 heterocycles. The maximum atomic E-state index is 14.2. The highest BCUT2D eigenvalue weighted by molar-refractivity contribution is 5.77. The van der Waals surface area contributed by atoms with E-state index in [4.69, 9.17) is 14.2 Å². The van der Waals surface area contributed by atoms with Crippen molar-refractivity contribution in [1.29, 1.82) is 0 Å². The van der Waals surface area contributed by atoms with E-state index in [1.165, 1.54) is 0 Å². The summed E-state index contributed by atoms with van der Waals surface area (Å²) in [6.07, 6.45) is -1.33. The van der Waals surface area contributed by atoms with Crippen molar-refractivity contribution >= 4 is 11.8 Å². The fraction of sp³-hybridized carbons (Fsp3) is 0.882. The van der Waals surface area contributed by atoms with Crippen LogP contribution in [0, 0.1) is 5.92 Å². The molecule has 0 aromatic carbocycles. The van der Waals surface area contributed by atoms with E-state index in [-0.39, 0.29) is 44.1 Å². The number of nitrogens with one attached hydrogen (secondary N) is 2. The number of hydrogen-bond acceptors (Lipinski definition) is 5. The van der Waals surface area contributed by atoms with E-state index in [0.717, 1.165) is 0 Å². The third-order valence-corrected chi connectivity index (χ3v) is 3.44. The first-order valence-corrected chi connectivity index (χ1v) is 8.68. The second-order valence-electron chi connectivity index (χ2n) is 6.42. The molecule has 0 bridgehead atoms. The number of ether oxygens (including phenoxy) is 3. The van der Waals surface area contributed by atoms with Crippen molar-refractivity contribution < 1.29 is 28.2 Å². The maximum Gasteiger partial charge on any atom is 0.246 e. The Balaban J connectivity index is 3.77. The molecule has 2 amide bonds. The normalized spacial score (nSPS) is 12.9. The molecule has 0 radical (unpaired) electrons. The average Bonchev–Trinajstić information content (AvgIpc) is 2.56. The second kappa shape index (κ2) is 13.0. The van der Waals surface area contributed by atoms with Gasteiger partial charge < -0.3 is 24.8 Å². The topological polar surface area (TPSA) is 85.9 Å². The van der Waals surface area contributed by atoms with E-state index in [2.05, 4.69) is 10.6 Å². The smallest absolute Gasteiger partial charge is 0.246 e. The molecule has 0 fully saturated rings. The van der Waals surface area contributed by atoms with Crippen LogP contribution in [0.25, 0.3) is 0 Å². The minimum absolute atomic E-state index is 0.0407. The molecule has 2 N–H and O–H groups in total. The van der Waals surface area contributed by atoms with Gasteiger partial charge in [-0.15, -0.1) is 0 Å². The standard InChI is InChI=1S/C17H33FN2O5/c1-6-23-12-15(21)19-7-8-24-9-10-25-17(4,5)14(18)11-20-16(22)13(2)3/h13-14H,6-12H2,1-5H3,(H,19,21)(H,20,22). The third kappa shape index (κ3) is 11.9. The zero-order valence-corrected chi connectivity index (χ0v) is 16.0. The summed E-state index contributed by atoms with van der Waals surface area (Å²) in [5.41, 5.74) is -1.03. The number of halogens is 1. The van der Waals surface area contributed by atoms with Crippen LogP contribution in [0.5, 0.6) is 0 Å². The maximum absolute atomic E-state index is 14.2. The Labute approximate surface area is 150 Å². The molecule has 1 unspecified atom stereocenters. The Morgan fingerprint density at radius 2 is 1.76 bits per heavy atom. The first-order chi connectivity index (χ1) is 11.7. The molecule has 0 aliphatic heterocycles. The fourth-order valence-electron chi connectivity index (χ4n) is 1.70. The van der Waals surface area contributed by atoms with Crippen LogP contribution >= 0.6 is 0 Å². The molecule has 0 rings (SSSR count). The zero-order valence-electron chi connectivity index (χ0n) is 16.0. The molecule has 8 heteroatoms. The van der Waals surface area contributed by atoms with Crippen molar-refractivity contribution in [3.05, 3.63) is 0 Å². The van der Waals surface area contributed by atoms with Crippen molar-refractivity contribution in [2.75, 3.05) is 46.1 Å². The molecular formula is C17H33FN2O5. The summed E-state index contributed by atoms with van der Waals surface area (Å²) < 4.78 is 30.0. The van der Waals surface area contributed by atoms with Gasteiger partial charge in [0, 0.05) is 19.1 Å². The first-order valence-electron chi connectivity index (χ1n) is 8.68. The molecule has 0 aliphatic carbocycles. The predicted octanol–water partition coefficient (Wildman–Crippen LogP) is 1.06. The van der Waals surface area contributed by atoms with Crippen molar-refractivity contribution in [2.24, 2.45) is 5.92 Å². The van der Waals surface area contributed by atoms with Gasteiger partial charge in [0.25, 0.3) is 0 Å². The van der Waals surface area contributed by atoms with Gasteiger partial charge in [0.15, 0.2) is 0 Å². The Hall–Kier alpha value is -1.25. The summed E-state index contributed by atoms with van der Waals surface area (Å²) in [5, 5.41) is 5.21. The van der Waals surface area contributed by atoms with Crippen molar-refractivity contribution in [1.82, 2.24) is 10.6 Å². The van der Waals surface area contributed by atoms with E-state index in [1.807, 2.05) is 6.92 Å². The minimum Gasteiger partial charge on any atom is -0.377 e. The Morgan fingerprint density at radius 3 is 2.36 bits per heavy atom. The Bertz CT molecular complexity index is 391. The quantitative estimate of drug-likeness (QED) is 0.450. The van der Waals surface area contributed by atoms with Gasteiger partial charge >= 0.3 is 0 Å². The molecular weight excluding hydrogens is 331 g/mol. The van der Waals surface area contributed by atoms with Gasteiger partial charge in [-0.2, -0.15) is 0 Å². The summed E-state index contributed by atoms with van der Waals surface area (Å²) in [4.78, 5) is 22.7. The fourth-order valence-corrected chi connectivity index (χ4v) is 1.70. The Kier molecular flexibility index (Phi) is 12.4.